The van der Waals surface area contributed by atoms with Crippen LogP contribution in [0.5, 0.6) is 0 Å². The van der Waals surface area contributed by atoms with Gasteiger partial charge in [0.15, 0.2) is 0 Å². The lowest BCUT2D eigenvalue weighted by Crippen LogP contribution is -2.38. The predicted octanol–water partition coefficient (Wildman–Crippen LogP) is 1.80. The fourth-order valence-electron chi connectivity index (χ4n) is 2.66. The predicted molar refractivity (Wildman–Crippen MR) is 123 cm³/mol. The Bertz CT molecular complexity index is 1290. The van der Waals surface area contributed by atoms with Gasteiger partial charge in [0.25, 0.3) is 20.0 Å². The second-order valence-corrected chi connectivity index (χ2v) is 10.0. The number of carbonyl (C=O) groups is 2. The molecule has 0 fully saturated rings. The van der Waals surface area contributed by atoms with Gasteiger partial charge in [-0.15, -0.1) is 4.40 Å². The number of carbonyl (C=O) groups excluding carboxylic acids is 2. The molecule has 3 N–H and O–H groups in total. The van der Waals surface area contributed by atoms with E-state index < -0.39 is 47.7 Å². The maximum absolute atomic E-state index is 12.8. The van der Waals surface area contributed by atoms with Gasteiger partial charge in [0.05, 0.1) is 24.3 Å². The van der Waals surface area contributed by atoms with Crippen LogP contribution in [0.1, 0.15) is 47.4 Å². The minimum atomic E-state index is -4.61. The van der Waals surface area contributed by atoms with Gasteiger partial charge in [-0.2, -0.15) is 8.42 Å². The van der Waals surface area contributed by atoms with Gasteiger partial charge in [0.2, 0.25) is 5.96 Å². The zero-order valence-corrected chi connectivity index (χ0v) is 20.2. The maximum Gasteiger partial charge on any atom is 0.339 e. The lowest BCUT2D eigenvalue weighted by molar-refractivity contribution is 0.0491. The molecule has 0 heterocycles. The lowest BCUT2D eigenvalue weighted by Gasteiger charge is -2.12. The molecule has 0 spiro atoms. The van der Waals surface area contributed by atoms with Gasteiger partial charge in [0.1, 0.15) is 9.79 Å². The topological polar surface area (TPSA) is 171 Å². The van der Waals surface area contributed by atoms with Gasteiger partial charge in [-0.05, 0) is 37.1 Å². The van der Waals surface area contributed by atoms with Crippen LogP contribution >= 0.6 is 0 Å². The Morgan fingerprint density at radius 1 is 0.824 bits per heavy atom. The molecule has 0 unspecified atom stereocenters. The molecule has 2 rings (SSSR count). The molecule has 0 bridgehead atoms. The molecule has 34 heavy (non-hydrogen) atoms. The molecule has 2 aromatic carbocycles. The largest absolute Gasteiger partial charge is 0.462 e. The van der Waals surface area contributed by atoms with Gasteiger partial charge in [-0.25, -0.2) is 22.7 Å². The van der Waals surface area contributed by atoms with E-state index in [1.807, 2.05) is 4.72 Å². The smallest absolute Gasteiger partial charge is 0.339 e. The van der Waals surface area contributed by atoms with E-state index in [1.165, 1.54) is 36.4 Å². The van der Waals surface area contributed by atoms with Crippen molar-refractivity contribution in [1.29, 1.82) is 0 Å². The van der Waals surface area contributed by atoms with Crippen LogP contribution in [0.15, 0.2) is 62.7 Å². The van der Waals surface area contributed by atoms with Crippen molar-refractivity contribution >= 4 is 37.9 Å². The fourth-order valence-corrected chi connectivity index (χ4v) is 4.93. The molecule has 0 saturated carbocycles. The van der Waals surface area contributed by atoms with Crippen molar-refractivity contribution in [3.63, 3.8) is 0 Å². The highest BCUT2D eigenvalue weighted by atomic mass is 32.2. The molecule has 0 aliphatic rings. The third kappa shape index (κ3) is 6.78. The molecule has 0 atom stereocenters. The summed E-state index contributed by atoms with van der Waals surface area (Å²) in [5.74, 6) is -2.74. The van der Waals surface area contributed by atoms with Crippen molar-refractivity contribution in [3.8, 4) is 0 Å². The van der Waals surface area contributed by atoms with Crippen molar-refractivity contribution in [2.75, 3.05) is 13.2 Å². The first kappa shape index (κ1) is 26.8. The van der Waals surface area contributed by atoms with Crippen molar-refractivity contribution in [2.45, 2.75) is 36.5 Å². The SMILES string of the molecule is CCCOC(=O)c1ccccc1S(=O)(=O)N=C(N)NS(=O)(=O)c1ccccc1C(=O)OCCC. The van der Waals surface area contributed by atoms with Crippen LogP contribution in [0.2, 0.25) is 0 Å². The van der Waals surface area contributed by atoms with E-state index in [-0.39, 0.29) is 24.3 Å². The fraction of sp³-hybridized carbons (Fsp3) is 0.286. The highest BCUT2D eigenvalue weighted by molar-refractivity contribution is 7.91. The molecule has 2 aromatic rings. The molecule has 0 radical (unpaired) electrons. The van der Waals surface area contributed by atoms with Crippen molar-refractivity contribution < 1.29 is 35.9 Å². The Hall–Kier alpha value is -3.45. The average Bonchev–Trinajstić information content (AvgIpc) is 2.80. The van der Waals surface area contributed by atoms with Gasteiger partial charge in [-0.1, -0.05) is 38.1 Å². The van der Waals surface area contributed by atoms with Gasteiger partial charge in [-0.3, -0.25) is 0 Å². The number of hydrogen-bond donors (Lipinski definition) is 2. The number of guanidine groups is 1. The van der Waals surface area contributed by atoms with Crippen LogP contribution in [-0.2, 0) is 29.5 Å². The van der Waals surface area contributed by atoms with E-state index in [1.54, 1.807) is 13.8 Å². The summed E-state index contributed by atoms with van der Waals surface area (Å²) in [5.41, 5.74) is 5.04. The Labute approximate surface area is 198 Å². The molecule has 184 valence electrons. The number of nitrogens with two attached hydrogens (primary N) is 1. The summed E-state index contributed by atoms with van der Waals surface area (Å²) in [6.45, 7) is 3.71. The van der Waals surface area contributed by atoms with Crippen LogP contribution in [0.4, 0.5) is 0 Å². The van der Waals surface area contributed by atoms with Gasteiger partial charge in [0, 0.05) is 0 Å². The highest BCUT2D eigenvalue weighted by Crippen LogP contribution is 2.20. The average molecular weight is 512 g/mol. The summed E-state index contributed by atoms with van der Waals surface area (Å²) in [7, 11) is -9.13. The first-order chi connectivity index (χ1) is 16.0. The first-order valence-corrected chi connectivity index (χ1v) is 13.1. The minimum Gasteiger partial charge on any atom is -0.462 e. The number of sulfonamides is 2. The van der Waals surface area contributed by atoms with E-state index in [2.05, 4.69) is 4.40 Å². The molecule has 0 aliphatic heterocycles. The summed E-state index contributed by atoms with van der Waals surface area (Å²) in [6, 6.07) is 10.3. The zero-order chi connectivity index (χ0) is 25.4. The van der Waals surface area contributed by atoms with E-state index >= 15 is 0 Å². The molecule has 0 aliphatic carbocycles. The van der Waals surface area contributed by atoms with Crippen LogP contribution in [0, 0.1) is 0 Å². The van der Waals surface area contributed by atoms with Gasteiger partial charge < -0.3 is 15.2 Å². The quantitative estimate of drug-likeness (QED) is 0.274. The summed E-state index contributed by atoms with van der Waals surface area (Å²) >= 11 is 0. The van der Waals surface area contributed by atoms with Crippen molar-refractivity contribution in [3.05, 3.63) is 59.7 Å². The Morgan fingerprint density at radius 3 is 1.76 bits per heavy atom. The Balaban J connectivity index is 2.37. The second kappa shape index (κ2) is 11.6. The number of ether oxygens (including phenoxy) is 2. The number of nitrogens with zero attached hydrogens (tertiary/aromatic N) is 1. The van der Waals surface area contributed by atoms with E-state index in [9.17, 15) is 26.4 Å². The molecule has 0 saturated heterocycles. The standard InChI is InChI=1S/C21H25N3O8S2/c1-3-13-31-19(25)15-9-5-7-11-17(15)33(27,28)23-21(22)24-34(29,30)18-12-8-6-10-16(18)20(26)32-14-4-2/h5-12H,3-4,13-14H2,1-2H3,(H3,22,23,24). The van der Waals surface area contributed by atoms with E-state index in [0.717, 1.165) is 12.1 Å². The minimum absolute atomic E-state index is 0.0819. The number of benzene rings is 2. The Kier molecular flexibility index (Phi) is 9.15. The second-order valence-electron chi connectivity index (χ2n) is 6.82. The lowest BCUT2D eigenvalue weighted by atomic mass is 10.2. The summed E-state index contributed by atoms with van der Waals surface area (Å²) < 4.78 is 66.3. The van der Waals surface area contributed by atoms with Crippen LogP contribution in [0.3, 0.4) is 0 Å². The summed E-state index contributed by atoms with van der Waals surface area (Å²) in [5, 5.41) is 0. The highest BCUT2D eigenvalue weighted by Gasteiger charge is 2.26. The van der Waals surface area contributed by atoms with E-state index in [0.29, 0.717) is 12.8 Å². The number of nitrogens with one attached hydrogen (secondary N) is 1. The van der Waals surface area contributed by atoms with Crippen LogP contribution in [0.25, 0.3) is 0 Å². The van der Waals surface area contributed by atoms with Crippen LogP contribution < -0.4 is 10.5 Å². The molecule has 11 nitrogen and oxygen atoms in total. The third-order valence-corrected chi connectivity index (χ3v) is 6.88. The molecule has 0 aromatic heterocycles. The molecular formula is C21H25N3O8S2. The first-order valence-electron chi connectivity index (χ1n) is 10.2. The normalized spacial score (nSPS) is 12.1. The molecule has 0 amide bonds. The number of esters is 2. The monoisotopic (exact) mass is 511 g/mol. The van der Waals surface area contributed by atoms with Crippen molar-refractivity contribution in [2.24, 2.45) is 10.1 Å². The van der Waals surface area contributed by atoms with Crippen molar-refractivity contribution in [1.82, 2.24) is 4.72 Å². The number of rotatable bonds is 10. The molecular weight excluding hydrogens is 486 g/mol. The molecule has 13 heteroatoms. The van der Waals surface area contributed by atoms with E-state index in [4.69, 9.17) is 15.2 Å². The number of hydrogen-bond acceptors (Lipinski definition) is 8. The Morgan fingerprint density at radius 2 is 1.26 bits per heavy atom. The van der Waals surface area contributed by atoms with Gasteiger partial charge >= 0.3 is 11.9 Å². The zero-order valence-electron chi connectivity index (χ0n) is 18.6. The maximum atomic E-state index is 12.8. The third-order valence-electron chi connectivity index (χ3n) is 4.11. The summed E-state index contributed by atoms with van der Waals surface area (Å²) in [4.78, 5) is 23.5. The van der Waals surface area contributed by atoms with Crippen LogP contribution in [-0.4, -0.2) is 47.9 Å². The summed E-state index contributed by atoms with van der Waals surface area (Å²) in [6.07, 6.45) is 1.06.